The van der Waals surface area contributed by atoms with Gasteiger partial charge >= 0.3 is 5.97 Å². The second kappa shape index (κ2) is 6.26. The predicted octanol–water partition coefficient (Wildman–Crippen LogP) is 3.56. The van der Waals surface area contributed by atoms with Crippen molar-refractivity contribution >= 4 is 5.97 Å². The molecule has 1 N–H and O–H groups in total. The van der Waals surface area contributed by atoms with Crippen LogP contribution in [0.4, 0.5) is 0 Å². The number of carbonyl (C=O) groups is 1. The molecule has 1 aromatic heterocycles. The van der Waals surface area contributed by atoms with Gasteiger partial charge in [0.15, 0.2) is 0 Å². The van der Waals surface area contributed by atoms with Crippen LogP contribution in [0.25, 0.3) is 16.8 Å². The van der Waals surface area contributed by atoms with Crippen molar-refractivity contribution in [2.45, 2.75) is 12.8 Å². The van der Waals surface area contributed by atoms with Gasteiger partial charge in [0.25, 0.3) is 0 Å². The average Bonchev–Trinajstić information content (AvgIpc) is 2.99. The third kappa shape index (κ3) is 3.06. The molecule has 4 nitrogen and oxygen atoms in total. The fraction of sp³-hybridized carbons (Fsp3) is 0.111. The number of hydrogen-bond acceptors (Lipinski definition) is 2. The summed E-state index contributed by atoms with van der Waals surface area (Å²) in [6.07, 6.45) is 2.45. The molecule has 0 amide bonds. The lowest BCUT2D eigenvalue weighted by Gasteiger charge is -2.00. The maximum Gasteiger partial charge on any atom is 0.303 e. The standard InChI is InChI=1S/C18H16N2O2/c21-18(22)12-11-17-16(14-7-3-1-4-8-14)13-20(19-17)15-9-5-2-6-10-15/h1-10,13H,11-12H2,(H,21,22). The lowest BCUT2D eigenvalue weighted by molar-refractivity contribution is -0.136. The first kappa shape index (κ1) is 14.1. The first-order chi connectivity index (χ1) is 10.7. The molecule has 3 aromatic rings. The van der Waals surface area contributed by atoms with E-state index in [-0.39, 0.29) is 6.42 Å². The number of rotatable bonds is 5. The molecule has 0 atom stereocenters. The Bertz CT molecular complexity index is 764. The van der Waals surface area contributed by atoms with Crippen LogP contribution in [-0.2, 0) is 11.2 Å². The average molecular weight is 292 g/mol. The Morgan fingerprint density at radius 3 is 2.27 bits per heavy atom. The molecule has 0 unspecified atom stereocenters. The van der Waals surface area contributed by atoms with E-state index in [0.29, 0.717) is 6.42 Å². The van der Waals surface area contributed by atoms with Crippen molar-refractivity contribution in [1.29, 1.82) is 0 Å². The van der Waals surface area contributed by atoms with Crippen LogP contribution in [0.15, 0.2) is 66.9 Å². The van der Waals surface area contributed by atoms with Crippen molar-refractivity contribution in [3.63, 3.8) is 0 Å². The second-order valence-corrected chi connectivity index (χ2v) is 5.03. The number of aryl methyl sites for hydroxylation is 1. The highest BCUT2D eigenvalue weighted by atomic mass is 16.4. The maximum atomic E-state index is 10.9. The second-order valence-electron chi connectivity index (χ2n) is 5.03. The molecule has 0 aliphatic heterocycles. The molecule has 22 heavy (non-hydrogen) atoms. The number of hydrogen-bond donors (Lipinski definition) is 1. The number of aliphatic carboxylic acids is 1. The molecule has 0 bridgehead atoms. The predicted molar refractivity (Wildman–Crippen MR) is 85.0 cm³/mol. The molecule has 0 aliphatic carbocycles. The number of aromatic nitrogens is 2. The molecule has 0 aliphatic rings. The Labute approximate surface area is 128 Å². The van der Waals surface area contributed by atoms with Crippen LogP contribution in [0.5, 0.6) is 0 Å². The summed E-state index contributed by atoms with van der Waals surface area (Å²) in [7, 11) is 0. The topological polar surface area (TPSA) is 55.1 Å². The van der Waals surface area contributed by atoms with Crippen LogP contribution in [0, 0.1) is 0 Å². The van der Waals surface area contributed by atoms with Crippen LogP contribution >= 0.6 is 0 Å². The fourth-order valence-corrected chi connectivity index (χ4v) is 2.39. The maximum absolute atomic E-state index is 10.9. The van der Waals surface area contributed by atoms with Gasteiger partial charge in [0.1, 0.15) is 0 Å². The van der Waals surface area contributed by atoms with Gasteiger partial charge in [-0.3, -0.25) is 4.79 Å². The Kier molecular flexibility index (Phi) is 4.01. The molecular weight excluding hydrogens is 276 g/mol. The van der Waals surface area contributed by atoms with Crippen molar-refractivity contribution < 1.29 is 9.90 Å². The lowest BCUT2D eigenvalue weighted by Crippen LogP contribution is -2.00. The van der Waals surface area contributed by atoms with Gasteiger partial charge in [-0.25, -0.2) is 4.68 Å². The molecule has 0 saturated heterocycles. The van der Waals surface area contributed by atoms with Gasteiger partial charge in [-0.1, -0.05) is 48.5 Å². The van der Waals surface area contributed by atoms with Crippen molar-refractivity contribution in [1.82, 2.24) is 9.78 Å². The normalized spacial score (nSPS) is 10.5. The highest BCUT2D eigenvalue weighted by Crippen LogP contribution is 2.25. The Morgan fingerprint density at radius 1 is 1.00 bits per heavy atom. The summed E-state index contributed by atoms with van der Waals surface area (Å²) < 4.78 is 1.81. The molecule has 2 aromatic carbocycles. The molecule has 0 saturated carbocycles. The van der Waals surface area contributed by atoms with Crippen LogP contribution in [0.1, 0.15) is 12.1 Å². The van der Waals surface area contributed by atoms with E-state index in [2.05, 4.69) is 5.10 Å². The zero-order valence-corrected chi connectivity index (χ0v) is 12.0. The number of para-hydroxylation sites is 1. The van der Waals surface area contributed by atoms with Gasteiger partial charge in [-0.2, -0.15) is 5.10 Å². The molecule has 1 heterocycles. The van der Waals surface area contributed by atoms with Gasteiger partial charge in [0.05, 0.1) is 17.8 Å². The first-order valence-corrected chi connectivity index (χ1v) is 7.15. The van der Waals surface area contributed by atoms with E-state index in [0.717, 1.165) is 22.5 Å². The molecule has 3 rings (SSSR count). The summed E-state index contributed by atoms with van der Waals surface area (Å²) in [5, 5.41) is 13.5. The number of carboxylic acid groups (broad SMARTS) is 1. The van der Waals surface area contributed by atoms with E-state index in [9.17, 15) is 4.79 Å². The van der Waals surface area contributed by atoms with Crippen molar-refractivity contribution in [3.8, 4) is 16.8 Å². The van der Waals surface area contributed by atoms with Crippen LogP contribution in [0.2, 0.25) is 0 Å². The van der Waals surface area contributed by atoms with E-state index in [1.807, 2.05) is 66.9 Å². The Hall–Kier alpha value is -2.88. The monoisotopic (exact) mass is 292 g/mol. The third-order valence-electron chi connectivity index (χ3n) is 3.47. The summed E-state index contributed by atoms with van der Waals surface area (Å²) in [5.41, 5.74) is 3.79. The first-order valence-electron chi connectivity index (χ1n) is 7.15. The van der Waals surface area contributed by atoms with Gasteiger partial charge in [-0.15, -0.1) is 0 Å². The summed E-state index contributed by atoms with van der Waals surface area (Å²) in [5.74, 6) is -0.812. The smallest absolute Gasteiger partial charge is 0.303 e. The van der Waals surface area contributed by atoms with E-state index in [1.54, 1.807) is 4.68 Å². The van der Waals surface area contributed by atoms with E-state index < -0.39 is 5.97 Å². The highest BCUT2D eigenvalue weighted by molar-refractivity contribution is 5.69. The van der Waals surface area contributed by atoms with Crippen LogP contribution in [0.3, 0.4) is 0 Å². The van der Waals surface area contributed by atoms with E-state index in [1.165, 1.54) is 0 Å². The Balaban J connectivity index is 2.03. The number of benzene rings is 2. The van der Waals surface area contributed by atoms with Crippen molar-refractivity contribution in [2.75, 3.05) is 0 Å². The van der Waals surface area contributed by atoms with Gasteiger partial charge in [-0.05, 0) is 17.7 Å². The minimum atomic E-state index is -0.812. The minimum Gasteiger partial charge on any atom is -0.481 e. The van der Waals surface area contributed by atoms with Gasteiger partial charge in [0.2, 0.25) is 0 Å². The molecule has 0 fully saturated rings. The zero-order chi connectivity index (χ0) is 15.4. The number of nitrogens with zero attached hydrogens (tertiary/aromatic N) is 2. The SMILES string of the molecule is O=C(O)CCc1nn(-c2ccccc2)cc1-c1ccccc1. The zero-order valence-electron chi connectivity index (χ0n) is 12.0. The van der Waals surface area contributed by atoms with E-state index >= 15 is 0 Å². The number of carboxylic acids is 1. The highest BCUT2D eigenvalue weighted by Gasteiger charge is 2.13. The summed E-state index contributed by atoms with van der Waals surface area (Å²) >= 11 is 0. The van der Waals surface area contributed by atoms with Gasteiger partial charge in [0, 0.05) is 18.2 Å². The van der Waals surface area contributed by atoms with Crippen molar-refractivity contribution in [3.05, 3.63) is 72.6 Å². The van der Waals surface area contributed by atoms with Crippen molar-refractivity contribution in [2.24, 2.45) is 0 Å². The fourth-order valence-electron chi connectivity index (χ4n) is 2.39. The molecular formula is C18H16N2O2. The summed E-state index contributed by atoms with van der Waals surface area (Å²) in [6.45, 7) is 0. The third-order valence-corrected chi connectivity index (χ3v) is 3.47. The quantitative estimate of drug-likeness (QED) is 0.782. The van der Waals surface area contributed by atoms with Crippen LogP contribution in [-0.4, -0.2) is 20.9 Å². The van der Waals surface area contributed by atoms with Gasteiger partial charge < -0.3 is 5.11 Å². The summed E-state index contributed by atoms with van der Waals surface area (Å²) in [4.78, 5) is 10.9. The minimum absolute atomic E-state index is 0.0750. The lowest BCUT2D eigenvalue weighted by atomic mass is 10.0. The molecule has 0 spiro atoms. The van der Waals surface area contributed by atoms with E-state index in [4.69, 9.17) is 5.11 Å². The molecule has 0 radical (unpaired) electrons. The molecule has 110 valence electrons. The molecule has 4 heteroatoms. The largest absolute Gasteiger partial charge is 0.481 e. The Morgan fingerprint density at radius 2 is 1.64 bits per heavy atom. The van der Waals surface area contributed by atoms with Crippen LogP contribution < -0.4 is 0 Å². The summed E-state index contributed by atoms with van der Waals surface area (Å²) in [6, 6.07) is 19.7.